The first-order valence-electron chi connectivity index (χ1n) is 8.72. The van der Waals surface area contributed by atoms with E-state index >= 15 is 0 Å². The summed E-state index contributed by atoms with van der Waals surface area (Å²) in [5, 5.41) is 22.2. The highest BCUT2D eigenvalue weighted by molar-refractivity contribution is 9.10. The molecule has 0 fully saturated rings. The molecule has 3 heterocycles. The first kappa shape index (κ1) is 20.0. The molecule has 0 spiro atoms. The molecule has 0 aliphatic heterocycles. The quantitative estimate of drug-likeness (QED) is 0.386. The number of halogens is 3. The zero-order valence-electron chi connectivity index (χ0n) is 15.3. The topological polar surface area (TPSA) is 73.5 Å². The average molecular weight is 497 g/mol. The average Bonchev–Trinajstić information content (AvgIpc) is 3.41. The van der Waals surface area contributed by atoms with Crippen LogP contribution in [-0.2, 0) is 13.1 Å². The third-order valence-electron chi connectivity index (χ3n) is 4.18. The smallest absolute Gasteiger partial charge is 0.211 e. The van der Waals surface area contributed by atoms with Crippen LogP contribution in [0, 0.1) is 5.82 Å². The zero-order valence-corrected chi connectivity index (χ0v) is 18.4. The molecule has 0 radical (unpaired) electrons. The van der Waals surface area contributed by atoms with Gasteiger partial charge in [0.05, 0.1) is 17.2 Å². The molecule has 0 bridgehead atoms. The Hall–Kier alpha value is -2.30. The number of nitrogens with zero attached hydrogens (tertiary/aromatic N) is 6. The van der Waals surface area contributed by atoms with Gasteiger partial charge >= 0.3 is 0 Å². The fraction of sp³-hybridized carbons (Fsp3) is 0.222. The Balaban J connectivity index is 1.40. The molecule has 1 N–H and O–H groups in total. The van der Waals surface area contributed by atoms with E-state index in [4.69, 9.17) is 11.6 Å². The van der Waals surface area contributed by atoms with Crippen molar-refractivity contribution in [2.75, 3.05) is 5.32 Å². The predicted molar refractivity (Wildman–Crippen MR) is 114 cm³/mol. The van der Waals surface area contributed by atoms with Crippen molar-refractivity contribution in [2.24, 2.45) is 0 Å². The molecule has 1 aromatic carbocycles. The molecule has 0 unspecified atom stereocenters. The third-order valence-corrected chi connectivity index (χ3v) is 6.02. The van der Waals surface area contributed by atoms with Crippen molar-refractivity contribution < 1.29 is 4.39 Å². The second kappa shape index (κ2) is 8.60. The SMILES string of the molecule is C[C@H](Cn1cc(Br)cn1)c1nnc(Nc2ccn(Cc3c(F)cccc3Cl)n2)s1. The number of nitrogens with one attached hydrogen (secondary N) is 1. The Bertz CT molecular complexity index is 1100. The van der Waals surface area contributed by atoms with Gasteiger partial charge in [-0.3, -0.25) is 9.36 Å². The normalized spacial score (nSPS) is 12.3. The third kappa shape index (κ3) is 4.82. The standard InChI is InChI=1S/C18H16BrClFN7S/c1-11(8-28-9-12(19)7-22-28)17-24-25-18(29-17)23-16-5-6-27(26-16)10-13-14(20)3-2-4-15(13)21/h2-7,9,11H,8,10H2,1H3,(H,23,25,26)/t11-/m1/s1. The maximum atomic E-state index is 14.0. The summed E-state index contributed by atoms with van der Waals surface area (Å²) in [6, 6.07) is 6.42. The number of hydrogen-bond donors (Lipinski definition) is 1. The van der Waals surface area contributed by atoms with Crippen molar-refractivity contribution in [3.05, 3.63) is 68.7 Å². The van der Waals surface area contributed by atoms with Gasteiger partial charge in [-0.2, -0.15) is 10.2 Å². The summed E-state index contributed by atoms with van der Waals surface area (Å²) >= 11 is 10.9. The lowest BCUT2D eigenvalue weighted by Gasteiger charge is -2.07. The molecule has 0 saturated carbocycles. The molecule has 4 rings (SSSR count). The highest BCUT2D eigenvalue weighted by atomic mass is 79.9. The van der Waals surface area contributed by atoms with Gasteiger partial charge in [0, 0.05) is 41.5 Å². The number of benzene rings is 1. The lowest BCUT2D eigenvalue weighted by Crippen LogP contribution is -2.06. The van der Waals surface area contributed by atoms with E-state index in [1.165, 1.54) is 17.4 Å². The van der Waals surface area contributed by atoms with Crippen molar-refractivity contribution in [3.63, 3.8) is 0 Å². The second-order valence-corrected chi connectivity index (χ2v) is 8.78. The van der Waals surface area contributed by atoms with Crippen molar-refractivity contribution in [2.45, 2.75) is 25.9 Å². The summed E-state index contributed by atoms with van der Waals surface area (Å²) in [6.45, 7) is 3.02. The van der Waals surface area contributed by atoms with Crippen molar-refractivity contribution in [1.29, 1.82) is 0 Å². The van der Waals surface area contributed by atoms with Gasteiger partial charge in [0.2, 0.25) is 5.13 Å². The van der Waals surface area contributed by atoms with Gasteiger partial charge < -0.3 is 5.32 Å². The summed E-state index contributed by atoms with van der Waals surface area (Å²) < 4.78 is 18.4. The minimum atomic E-state index is -0.352. The molecule has 0 saturated heterocycles. The summed E-state index contributed by atoms with van der Waals surface area (Å²) in [7, 11) is 0. The Morgan fingerprint density at radius 2 is 2.14 bits per heavy atom. The molecule has 150 valence electrons. The first-order valence-corrected chi connectivity index (χ1v) is 10.7. The zero-order chi connectivity index (χ0) is 20.4. The van der Waals surface area contributed by atoms with E-state index in [0.717, 1.165) is 9.48 Å². The lowest BCUT2D eigenvalue weighted by molar-refractivity contribution is 0.538. The summed E-state index contributed by atoms with van der Waals surface area (Å²) in [6.07, 6.45) is 5.43. The fourth-order valence-corrected chi connectivity index (χ4v) is 4.10. The van der Waals surface area contributed by atoms with E-state index in [9.17, 15) is 4.39 Å². The molecule has 3 aromatic heterocycles. The van der Waals surface area contributed by atoms with Gasteiger partial charge in [-0.15, -0.1) is 10.2 Å². The molecule has 4 aromatic rings. The second-order valence-electron chi connectivity index (χ2n) is 6.45. The lowest BCUT2D eigenvalue weighted by atomic mass is 10.2. The van der Waals surface area contributed by atoms with Gasteiger partial charge in [0.15, 0.2) is 5.82 Å². The molecule has 29 heavy (non-hydrogen) atoms. The van der Waals surface area contributed by atoms with Crippen molar-refractivity contribution in [1.82, 2.24) is 29.8 Å². The van der Waals surface area contributed by atoms with E-state index in [0.29, 0.717) is 28.1 Å². The predicted octanol–water partition coefficient (Wildman–Crippen LogP) is 5.08. The van der Waals surface area contributed by atoms with Crippen LogP contribution in [0.15, 0.2) is 47.3 Å². The van der Waals surface area contributed by atoms with E-state index in [1.807, 2.05) is 10.9 Å². The highest BCUT2D eigenvalue weighted by Crippen LogP contribution is 2.27. The van der Waals surface area contributed by atoms with Crippen LogP contribution in [0.25, 0.3) is 0 Å². The number of anilines is 2. The molecule has 1 atom stereocenters. The Morgan fingerprint density at radius 3 is 2.90 bits per heavy atom. The number of rotatable bonds is 7. The van der Waals surface area contributed by atoms with Crippen LogP contribution in [-0.4, -0.2) is 29.8 Å². The molecule has 7 nitrogen and oxygen atoms in total. The maximum Gasteiger partial charge on any atom is 0.211 e. The fourth-order valence-electron chi connectivity index (χ4n) is 2.75. The van der Waals surface area contributed by atoms with Crippen LogP contribution in [0.5, 0.6) is 0 Å². The van der Waals surface area contributed by atoms with E-state index in [-0.39, 0.29) is 18.3 Å². The van der Waals surface area contributed by atoms with E-state index < -0.39 is 0 Å². The molecular weight excluding hydrogens is 481 g/mol. The van der Waals surface area contributed by atoms with Crippen molar-refractivity contribution >= 4 is 49.8 Å². The van der Waals surface area contributed by atoms with Crippen LogP contribution in [0.2, 0.25) is 5.02 Å². The molecule has 0 amide bonds. The monoisotopic (exact) mass is 495 g/mol. The highest BCUT2D eigenvalue weighted by Gasteiger charge is 2.15. The molecule has 0 aliphatic rings. The minimum absolute atomic E-state index is 0.163. The van der Waals surface area contributed by atoms with Crippen LogP contribution < -0.4 is 5.32 Å². The minimum Gasteiger partial charge on any atom is -0.313 e. The van der Waals surface area contributed by atoms with Crippen molar-refractivity contribution in [3.8, 4) is 0 Å². The summed E-state index contributed by atoms with van der Waals surface area (Å²) in [5.74, 6) is 0.411. The van der Waals surface area contributed by atoms with Gasteiger partial charge in [0.25, 0.3) is 0 Å². The summed E-state index contributed by atoms with van der Waals surface area (Å²) in [4.78, 5) is 0. The first-order chi connectivity index (χ1) is 14.0. The molecule has 11 heteroatoms. The van der Waals surface area contributed by atoms with Gasteiger partial charge in [-0.25, -0.2) is 4.39 Å². The number of aromatic nitrogens is 6. The number of hydrogen-bond acceptors (Lipinski definition) is 6. The van der Waals surface area contributed by atoms with Gasteiger partial charge in [-0.1, -0.05) is 35.9 Å². The van der Waals surface area contributed by atoms with Gasteiger partial charge in [0.1, 0.15) is 10.8 Å². The molecular formula is C18H16BrClFN7S. The Morgan fingerprint density at radius 1 is 1.28 bits per heavy atom. The Kier molecular flexibility index (Phi) is 5.93. The van der Waals surface area contributed by atoms with Crippen LogP contribution in [0.4, 0.5) is 15.3 Å². The summed E-state index contributed by atoms with van der Waals surface area (Å²) in [5.41, 5.74) is 0.404. The van der Waals surface area contributed by atoms with Crippen LogP contribution in [0.1, 0.15) is 23.4 Å². The van der Waals surface area contributed by atoms with Crippen LogP contribution in [0.3, 0.4) is 0 Å². The molecule has 0 aliphatic carbocycles. The van der Waals surface area contributed by atoms with E-state index in [2.05, 4.69) is 48.6 Å². The van der Waals surface area contributed by atoms with Crippen LogP contribution >= 0.6 is 38.9 Å². The van der Waals surface area contributed by atoms with E-state index in [1.54, 1.807) is 35.3 Å². The largest absolute Gasteiger partial charge is 0.313 e. The maximum absolute atomic E-state index is 14.0. The van der Waals surface area contributed by atoms with Gasteiger partial charge in [-0.05, 0) is 28.1 Å². The Labute approximate surface area is 183 Å².